The van der Waals surface area contributed by atoms with E-state index in [1.807, 2.05) is 0 Å². The van der Waals surface area contributed by atoms with E-state index in [1.54, 1.807) is 12.1 Å². The highest BCUT2D eigenvalue weighted by Gasteiger charge is 2.31. The molecule has 1 fully saturated rings. The highest BCUT2D eigenvalue weighted by molar-refractivity contribution is 6.33. The predicted octanol–water partition coefficient (Wildman–Crippen LogP) is 2.83. The van der Waals surface area contributed by atoms with E-state index >= 15 is 0 Å². The molecule has 1 heterocycles. The Labute approximate surface area is 142 Å². The van der Waals surface area contributed by atoms with Crippen LogP contribution in [0.25, 0.3) is 0 Å². The van der Waals surface area contributed by atoms with E-state index in [4.69, 9.17) is 22.1 Å². The second-order valence-electron chi connectivity index (χ2n) is 6.75. The van der Waals surface area contributed by atoms with Crippen molar-refractivity contribution in [2.45, 2.75) is 39.2 Å². The Morgan fingerprint density at radius 3 is 2.83 bits per heavy atom. The lowest BCUT2D eigenvalue weighted by Crippen LogP contribution is -2.50. The molecular weight excluding hydrogens is 314 g/mol. The molecule has 4 N–H and O–H groups in total. The van der Waals surface area contributed by atoms with Gasteiger partial charge in [-0.05, 0) is 30.9 Å². The van der Waals surface area contributed by atoms with Crippen molar-refractivity contribution in [2.75, 3.05) is 25.9 Å². The van der Waals surface area contributed by atoms with Crippen molar-refractivity contribution in [3.8, 4) is 5.75 Å². The minimum Gasteiger partial charge on any atom is -0.496 e. The molecule has 1 aliphatic rings. The molecule has 0 spiro atoms. The number of nitrogen functional groups attached to an aromatic ring is 1. The van der Waals surface area contributed by atoms with Crippen molar-refractivity contribution in [1.29, 1.82) is 0 Å². The van der Waals surface area contributed by atoms with Gasteiger partial charge < -0.3 is 21.1 Å². The molecular formula is C17H26ClN3O2. The standard InChI is InChI=1S/C17H26ClN3O2/c1-17(2,15-6-4-5-7-20-15)10-21-16(22)11-8-12(18)13(19)9-14(11)23-3/h8-9,15,20H,4-7,10,19H2,1-3H3,(H,21,22). The summed E-state index contributed by atoms with van der Waals surface area (Å²) < 4.78 is 5.24. The summed E-state index contributed by atoms with van der Waals surface area (Å²) >= 11 is 6.03. The first-order chi connectivity index (χ1) is 10.8. The highest BCUT2D eigenvalue weighted by Crippen LogP contribution is 2.30. The molecule has 0 bridgehead atoms. The molecule has 2 rings (SSSR count). The van der Waals surface area contributed by atoms with Gasteiger partial charge in [-0.15, -0.1) is 0 Å². The van der Waals surface area contributed by atoms with Gasteiger partial charge in [0, 0.05) is 18.7 Å². The molecule has 23 heavy (non-hydrogen) atoms. The molecule has 0 radical (unpaired) electrons. The van der Waals surface area contributed by atoms with Crippen molar-refractivity contribution >= 4 is 23.2 Å². The van der Waals surface area contributed by atoms with Gasteiger partial charge >= 0.3 is 0 Å². The molecule has 1 amide bonds. The van der Waals surface area contributed by atoms with Gasteiger partial charge in [0.25, 0.3) is 5.91 Å². The number of nitrogens with two attached hydrogens (primary N) is 1. The molecule has 0 saturated carbocycles. The molecule has 5 nitrogen and oxygen atoms in total. The van der Waals surface area contributed by atoms with Crippen LogP contribution in [0.1, 0.15) is 43.5 Å². The number of ether oxygens (including phenoxy) is 1. The van der Waals surface area contributed by atoms with E-state index in [0.717, 1.165) is 13.0 Å². The molecule has 1 saturated heterocycles. The summed E-state index contributed by atoms with van der Waals surface area (Å²) in [6.45, 7) is 5.96. The van der Waals surface area contributed by atoms with Gasteiger partial charge in [0.05, 0.1) is 23.4 Å². The zero-order valence-electron chi connectivity index (χ0n) is 14.0. The zero-order valence-corrected chi connectivity index (χ0v) is 14.8. The van der Waals surface area contributed by atoms with Crippen LogP contribution in [0.2, 0.25) is 5.02 Å². The molecule has 128 valence electrons. The maximum absolute atomic E-state index is 12.5. The maximum atomic E-state index is 12.5. The van der Waals surface area contributed by atoms with Gasteiger partial charge in [-0.25, -0.2) is 0 Å². The summed E-state index contributed by atoms with van der Waals surface area (Å²) in [6, 6.07) is 3.54. The quantitative estimate of drug-likeness (QED) is 0.721. The van der Waals surface area contributed by atoms with Crippen LogP contribution in [0, 0.1) is 5.41 Å². The first-order valence-corrected chi connectivity index (χ1v) is 8.37. The fourth-order valence-corrected chi connectivity index (χ4v) is 3.12. The van der Waals surface area contributed by atoms with E-state index in [-0.39, 0.29) is 11.3 Å². The molecule has 1 aromatic rings. The zero-order chi connectivity index (χ0) is 17.0. The first kappa shape index (κ1) is 17.9. The maximum Gasteiger partial charge on any atom is 0.255 e. The number of rotatable bonds is 5. The Morgan fingerprint density at radius 1 is 1.48 bits per heavy atom. The monoisotopic (exact) mass is 339 g/mol. The molecule has 6 heteroatoms. The Balaban J connectivity index is 2.05. The summed E-state index contributed by atoms with van der Waals surface area (Å²) in [5.74, 6) is 0.227. The number of carbonyl (C=O) groups excluding carboxylic acids is 1. The molecule has 1 atom stereocenters. The lowest BCUT2D eigenvalue weighted by molar-refractivity contribution is 0.0917. The van der Waals surface area contributed by atoms with Gasteiger partial charge in [-0.2, -0.15) is 0 Å². The summed E-state index contributed by atoms with van der Waals surface area (Å²) in [6.07, 6.45) is 3.59. The van der Waals surface area contributed by atoms with Gasteiger partial charge in [0.15, 0.2) is 0 Å². The lowest BCUT2D eigenvalue weighted by atomic mass is 9.80. The van der Waals surface area contributed by atoms with Crippen molar-refractivity contribution < 1.29 is 9.53 Å². The van der Waals surface area contributed by atoms with Crippen LogP contribution >= 0.6 is 11.6 Å². The smallest absolute Gasteiger partial charge is 0.255 e. The summed E-state index contributed by atoms with van der Waals surface area (Å²) in [7, 11) is 1.51. The number of nitrogens with one attached hydrogen (secondary N) is 2. The third-order valence-electron chi connectivity index (χ3n) is 4.52. The van der Waals surface area contributed by atoms with Crippen molar-refractivity contribution in [1.82, 2.24) is 10.6 Å². The minimum absolute atomic E-state index is 0.0269. The topological polar surface area (TPSA) is 76.4 Å². The fraction of sp³-hybridized carbons (Fsp3) is 0.588. The van der Waals surface area contributed by atoms with Gasteiger partial charge in [-0.3, -0.25) is 4.79 Å². The van der Waals surface area contributed by atoms with Crippen molar-refractivity contribution in [3.63, 3.8) is 0 Å². The SMILES string of the molecule is COc1cc(N)c(Cl)cc1C(=O)NCC(C)(C)C1CCCCN1. The molecule has 1 unspecified atom stereocenters. The van der Waals surface area contributed by atoms with Gasteiger partial charge in [0.1, 0.15) is 5.75 Å². The predicted molar refractivity (Wildman–Crippen MR) is 94.2 cm³/mol. The highest BCUT2D eigenvalue weighted by atomic mass is 35.5. The summed E-state index contributed by atoms with van der Waals surface area (Å²) in [4.78, 5) is 12.5. The van der Waals surface area contributed by atoms with Crippen LogP contribution in [0.5, 0.6) is 5.75 Å². The van der Waals surface area contributed by atoms with Crippen LogP contribution in [0.15, 0.2) is 12.1 Å². The second kappa shape index (κ2) is 7.41. The van der Waals surface area contributed by atoms with Crippen LogP contribution in [0.3, 0.4) is 0 Å². The Morgan fingerprint density at radius 2 is 2.22 bits per heavy atom. The molecule has 0 aromatic heterocycles. The van der Waals surface area contributed by atoms with E-state index < -0.39 is 0 Å². The van der Waals surface area contributed by atoms with Gasteiger partial charge in [-0.1, -0.05) is 31.9 Å². The number of piperidine rings is 1. The Bertz CT molecular complexity index is 569. The van der Waals surface area contributed by atoms with E-state index in [2.05, 4.69) is 24.5 Å². The number of benzene rings is 1. The normalized spacial score (nSPS) is 18.5. The fourth-order valence-electron chi connectivity index (χ4n) is 2.96. The molecule has 1 aliphatic heterocycles. The van der Waals surface area contributed by atoms with Crippen molar-refractivity contribution in [2.24, 2.45) is 5.41 Å². The Kier molecular flexibility index (Phi) is 5.76. The number of methoxy groups -OCH3 is 1. The van der Waals surface area contributed by atoms with Crippen LogP contribution in [-0.2, 0) is 0 Å². The summed E-state index contributed by atoms with van der Waals surface area (Å²) in [5.41, 5.74) is 6.52. The van der Waals surface area contributed by atoms with Crippen LogP contribution in [0.4, 0.5) is 5.69 Å². The first-order valence-electron chi connectivity index (χ1n) is 8.00. The minimum atomic E-state index is -0.201. The number of anilines is 1. The average Bonchev–Trinajstić information content (AvgIpc) is 2.55. The Hall–Kier alpha value is -1.46. The van der Waals surface area contributed by atoms with E-state index in [9.17, 15) is 4.79 Å². The largest absolute Gasteiger partial charge is 0.496 e. The molecule has 1 aromatic carbocycles. The van der Waals surface area contributed by atoms with E-state index in [0.29, 0.717) is 34.6 Å². The van der Waals surface area contributed by atoms with Crippen LogP contribution < -0.4 is 21.1 Å². The van der Waals surface area contributed by atoms with Crippen molar-refractivity contribution in [3.05, 3.63) is 22.7 Å². The number of amides is 1. The number of hydrogen-bond donors (Lipinski definition) is 3. The average molecular weight is 340 g/mol. The third-order valence-corrected chi connectivity index (χ3v) is 4.85. The van der Waals surface area contributed by atoms with Gasteiger partial charge in [0.2, 0.25) is 0 Å². The van der Waals surface area contributed by atoms with E-state index in [1.165, 1.54) is 20.0 Å². The third kappa shape index (κ3) is 4.30. The van der Waals surface area contributed by atoms with Crippen LogP contribution in [-0.4, -0.2) is 32.1 Å². The number of halogens is 1. The number of carbonyl (C=O) groups is 1. The second-order valence-corrected chi connectivity index (χ2v) is 7.15. The molecule has 0 aliphatic carbocycles. The number of hydrogen-bond acceptors (Lipinski definition) is 4. The summed E-state index contributed by atoms with van der Waals surface area (Å²) in [5, 5.41) is 6.90. The lowest BCUT2D eigenvalue weighted by Gasteiger charge is -2.38.